The second-order valence-corrected chi connectivity index (χ2v) is 6.19. The fraction of sp³-hybridized carbons (Fsp3) is 0.500. The summed E-state index contributed by atoms with van der Waals surface area (Å²) in [7, 11) is 0. The fourth-order valence-corrected chi connectivity index (χ4v) is 3.38. The molecular formula is C18H25FN4. The van der Waals surface area contributed by atoms with Crippen LogP contribution >= 0.6 is 0 Å². The number of fused-ring (bicyclic) bond motifs is 1. The van der Waals surface area contributed by atoms with Crippen LogP contribution in [0.3, 0.4) is 0 Å². The Morgan fingerprint density at radius 1 is 1.26 bits per heavy atom. The minimum absolute atomic E-state index is 0.119. The molecule has 2 aromatic rings. The molecule has 0 amide bonds. The van der Waals surface area contributed by atoms with Gasteiger partial charge in [-0.15, -0.1) is 0 Å². The van der Waals surface area contributed by atoms with Gasteiger partial charge in [-0.05, 0) is 19.2 Å². The molecule has 3 rings (SSSR count). The molecule has 4 nitrogen and oxygen atoms in total. The van der Waals surface area contributed by atoms with Crippen LogP contribution in [-0.2, 0) is 13.1 Å². The van der Waals surface area contributed by atoms with E-state index in [-0.39, 0.29) is 5.82 Å². The Hall–Kier alpha value is -1.72. The summed E-state index contributed by atoms with van der Waals surface area (Å²) in [4.78, 5) is 9.07. The van der Waals surface area contributed by atoms with E-state index in [1.807, 2.05) is 24.7 Å². The lowest BCUT2D eigenvalue weighted by Crippen LogP contribution is -2.42. The number of aromatic nitrogens is 2. The molecule has 1 atom stereocenters. The lowest BCUT2D eigenvalue weighted by Gasteiger charge is -2.36. The van der Waals surface area contributed by atoms with E-state index in [4.69, 9.17) is 0 Å². The molecule has 0 bridgehead atoms. The van der Waals surface area contributed by atoms with Gasteiger partial charge in [0.2, 0.25) is 0 Å². The number of hydrogen-bond donors (Lipinski definition) is 0. The van der Waals surface area contributed by atoms with Crippen molar-refractivity contribution in [3.05, 3.63) is 53.9 Å². The van der Waals surface area contributed by atoms with Crippen molar-refractivity contribution in [1.29, 1.82) is 0 Å². The van der Waals surface area contributed by atoms with Gasteiger partial charge in [-0.3, -0.25) is 4.90 Å². The highest BCUT2D eigenvalue weighted by Gasteiger charge is 2.26. The lowest BCUT2D eigenvalue weighted by atomic mass is 10.1. The van der Waals surface area contributed by atoms with E-state index in [1.165, 1.54) is 11.8 Å². The van der Waals surface area contributed by atoms with Crippen LogP contribution in [0.15, 0.2) is 36.8 Å². The predicted octanol–water partition coefficient (Wildman–Crippen LogP) is 2.92. The van der Waals surface area contributed by atoms with Gasteiger partial charge in [-0.1, -0.05) is 32.0 Å². The summed E-state index contributed by atoms with van der Waals surface area (Å²) in [6, 6.07) is 7.43. The Bertz CT molecular complexity index is 635. The molecule has 1 aromatic heterocycles. The van der Waals surface area contributed by atoms with Crippen molar-refractivity contribution in [2.75, 3.05) is 26.2 Å². The molecule has 2 heterocycles. The van der Waals surface area contributed by atoms with E-state index in [0.29, 0.717) is 12.6 Å². The quantitative estimate of drug-likeness (QED) is 0.819. The second kappa shape index (κ2) is 7.23. The van der Waals surface area contributed by atoms with Crippen molar-refractivity contribution in [3.8, 4) is 0 Å². The maximum atomic E-state index is 13.9. The van der Waals surface area contributed by atoms with Crippen LogP contribution in [0.4, 0.5) is 4.39 Å². The SMILES string of the molecule is CCN(CC)C[C@H]1CN(Cc2ccccc2F)Cc2cncn21. The average Bonchev–Trinajstić information content (AvgIpc) is 3.03. The zero-order valence-electron chi connectivity index (χ0n) is 14.0. The van der Waals surface area contributed by atoms with E-state index in [2.05, 4.69) is 33.2 Å². The fourth-order valence-electron chi connectivity index (χ4n) is 3.38. The van der Waals surface area contributed by atoms with Crippen molar-refractivity contribution >= 4 is 0 Å². The van der Waals surface area contributed by atoms with Crippen molar-refractivity contribution < 1.29 is 4.39 Å². The minimum atomic E-state index is -0.119. The zero-order chi connectivity index (χ0) is 16.2. The molecule has 0 aliphatic carbocycles. The highest BCUT2D eigenvalue weighted by Crippen LogP contribution is 2.24. The van der Waals surface area contributed by atoms with Crippen molar-refractivity contribution in [2.24, 2.45) is 0 Å². The molecule has 5 heteroatoms. The third-order valence-corrected chi connectivity index (χ3v) is 4.71. The lowest BCUT2D eigenvalue weighted by molar-refractivity contribution is 0.142. The number of nitrogens with zero attached hydrogens (tertiary/aromatic N) is 4. The van der Waals surface area contributed by atoms with Crippen LogP contribution in [0.2, 0.25) is 0 Å². The molecule has 124 valence electrons. The van der Waals surface area contributed by atoms with Crippen LogP contribution in [0.5, 0.6) is 0 Å². The minimum Gasteiger partial charge on any atom is -0.328 e. The summed E-state index contributed by atoms with van der Waals surface area (Å²) in [5.41, 5.74) is 1.98. The third-order valence-electron chi connectivity index (χ3n) is 4.71. The van der Waals surface area contributed by atoms with E-state index < -0.39 is 0 Å². The number of benzene rings is 1. The van der Waals surface area contributed by atoms with Crippen LogP contribution in [-0.4, -0.2) is 45.5 Å². The maximum Gasteiger partial charge on any atom is 0.127 e. The molecule has 1 aromatic carbocycles. The van der Waals surface area contributed by atoms with E-state index in [1.54, 1.807) is 6.07 Å². The summed E-state index contributed by atoms with van der Waals surface area (Å²) in [5.74, 6) is -0.119. The van der Waals surface area contributed by atoms with Crippen LogP contribution < -0.4 is 0 Å². The Balaban J connectivity index is 1.76. The first-order valence-corrected chi connectivity index (χ1v) is 8.40. The first-order valence-electron chi connectivity index (χ1n) is 8.40. The van der Waals surface area contributed by atoms with E-state index in [9.17, 15) is 4.39 Å². The molecule has 23 heavy (non-hydrogen) atoms. The summed E-state index contributed by atoms with van der Waals surface area (Å²) >= 11 is 0. The van der Waals surface area contributed by atoms with Gasteiger partial charge in [0, 0.05) is 37.9 Å². The largest absolute Gasteiger partial charge is 0.328 e. The van der Waals surface area contributed by atoms with Crippen molar-refractivity contribution in [3.63, 3.8) is 0 Å². The molecule has 1 aliphatic rings. The molecule has 0 unspecified atom stereocenters. The maximum absolute atomic E-state index is 13.9. The smallest absolute Gasteiger partial charge is 0.127 e. The van der Waals surface area contributed by atoms with Crippen molar-refractivity contribution in [1.82, 2.24) is 19.4 Å². The first kappa shape index (κ1) is 16.1. The van der Waals surface area contributed by atoms with Crippen LogP contribution in [0.25, 0.3) is 0 Å². The van der Waals surface area contributed by atoms with Gasteiger partial charge in [0.05, 0.1) is 18.1 Å². The third kappa shape index (κ3) is 3.62. The number of imidazole rings is 1. The first-order chi connectivity index (χ1) is 11.2. The number of halogens is 1. The van der Waals surface area contributed by atoms with Gasteiger partial charge in [0.25, 0.3) is 0 Å². The van der Waals surface area contributed by atoms with Gasteiger partial charge in [0.1, 0.15) is 5.82 Å². The van der Waals surface area contributed by atoms with Crippen LogP contribution in [0, 0.1) is 5.82 Å². The van der Waals surface area contributed by atoms with Gasteiger partial charge in [0.15, 0.2) is 0 Å². The Morgan fingerprint density at radius 2 is 2.04 bits per heavy atom. The summed E-state index contributed by atoms with van der Waals surface area (Å²) in [6.45, 7) is 9.87. The Morgan fingerprint density at radius 3 is 2.78 bits per heavy atom. The average molecular weight is 316 g/mol. The van der Waals surface area contributed by atoms with Gasteiger partial charge < -0.3 is 9.47 Å². The molecule has 0 spiro atoms. The second-order valence-electron chi connectivity index (χ2n) is 6.19. The monoisotopic (exact) mass is 316 g/mol. The summed E-state index contributed by atoms with van der Waals surface area (Å²) < 4.78 is 16.2. The molecule has 0 saturated heterocycles. The molecule has 0 radical (unpaired) electrons. The standard InChI is InChI=1S/C18H25FN4/c1-3-21(4-2)12-17-13-22(11-16-9-20-14-23(16)17)10-15-7-5-6-8-18(15)19/h5-9,14,17H,3-4,10-13H2,1-2H3/t17-/m0/s1. The topological polar surface area (TPSA) is 24.3 Å². The van der Waals surface area contributed by atoms with Gasteiger partial charge in [-0.2, -0.15) is 0 Å². The Labute approximate surface area is 137 Å². The van der Waals surface area contributed by atoms with Gasteiger partial charge >= 0.3 is 0 Å². The summed E-state index contributed by atoms with van der Waals surface area (Å²) in [6.07, 6.45) is 3.87. The highest BCUT2D eigenvalue weighted by atomic mass is 19.1. The number of rotatable bonds is 6. The van der Waals surface area contributed by atoms with Crippen molar-refractivity contribution in [2.45, 2.75) is 33.0 Å². The molecule has 0 N–H and O–H groups in total. The van der Waals surface area contributed by atoms with Gasteiger partial charge in [-0.25, -0.2) is 9.37 Å². The normalized spacial score (nSPS) is 18.3. The van der Waals surface area contributed by atoms with E-state index in [0.717, 1.165) is 38.3 Å². The number of hydrogen-bond acceptors (Lipinski definition) is 3. The summed E-state index contributed by atoms with van der Waals surface area (Å²) in [5, 5.41) is 0. The van der Waals surface area contributed by atoms with E-state index >= 15 is 0 Å². The Kier molecular flexibility index (Phi) is 5.08. The molecule has 1 aliphatic heterocycles. The molecule has 0 saturated carbocycles. The molecule has 0 fully saturated rings. The highest BCUT2D eigenvalue weighted by molar-refractivity contribution is 5.17. The predicted molar refractivity (Wildman–Crippen MR) is 89.6 cm³/mol. The molecular weight excluding hydrogens is 291 g/mol. The zero-order valence-corrected chi connectivity index (χ0v) is 14.0. The number of likely N-dealkylation sites (N-methyl/N-ethyl adjacent to an activating group) is 1. The van der Waals surface area contributed by atoms with Crippen LogP contribution in [0.1, 0.15) is 31.1 Å².